The molecule has 0 aliphatic carbocycles. The van der Waals surface area contributed by atoms with Gasteiger partial charge in [0.1, 0.15) is 0 Å². The maximum Gasteiger partial charge on any atom is 0.321 e. The first-order chi connectivity index (χ1) is 9.16. The minimum atomic E-state index is -0.559. The summed E-state index contributed by atoms with van der Waals surface area (Å²) in [6.45, 7) is 2.40. The van der Waals surface area contributed by atoms with E-state index >= 15 is 0 Å². The van der Waals surface area contributed by atoms with Crippen LogP contribution in [0, 0.1) is 10.1 Å². The maximum atomic E-state index is 11.7. The second-order valence-corrected chi connectivity index (χ2v) is 4.34. The van der Waals surface area contributed by atoms with Crippen LogP contribution < -0.4 is 10.6 Å². The van der Waals surface area contributed by atoms with Gasteiger partial charge < -0.3 is 20.7 Å². The Morgan fingerprint density at radius 2 is 2.32 bits per heavy atom. The molecule has 2 rings (SSSR count). The van der Waals surface area contributed by atoms with E-state index in [-0.39, 0.29) is 17.4 Å². The van der Waals surface area contributed by atoms with Crippen molar-refractivity contribution in [2.24, 2.45) is 0 Å². The number of aromatic amines is 1. The normalized spacial score (nSPS) is 14.8. The van der Waals surface area contributed by atoms with Crippen LogP contribution in [0.25, 0.3) is 0 Å². The third-order valence-corrected chi connectivity index (χ3v) is 3.00. The van der Waals surface area contributed by atoms with Gasteiger partial charge in [-0.3, -0.25) is 4.79 Å². The third kappa shape index (κ3) is 3.65. The second-order valence-electron chi connectivity index (χ2n) is 4.34. The SMILES string of the molecule is O=C(NCCC1=CCNCC1)c1ccc([N+](=O)[O-])[nH]1. The predicted octanol–water partition coefficient (Wildman–Crippen LogP) is 0.962. The molecule has 2 heterocycles. The van der Waals surface area contributed by atoms with E-state index in [0.717, 1.165) is 25.9 Å². The molecule has 1 aliphatic rings. The van der Waals surface area contributed by atoms with Crippen LogP contribution in [-0.4, -0.2) is 35.4 Å². The summed E-state index contributed by atoms with van der Waals surface area (Å²) in [5, 5.41) is 16.5. The first-order valence-electron chi connectivity index (χ1n) is 6.17. The quantitative estimate of drug-likeness (QED) is 0.419. The van der Waals surface area contributed by atoms with Crippen LogP contribution in [0.1, 0.15) is 23.3 Å². The zero-order chi connectivity index (χ0) is 13.7. The number of nitrogens with one attached hydrogen (secondary N) is 3. The molecule has 3 N–H and O–H groups in total. The Labute approximate surface area is 110 Å². The molecular weight excluding hydrogens is 248 g/mol. The number of nitro groups is 1. The smallest absolute Gasteiger partial charge is 0.321 e. The molecule has 0 saturated heterocycles. The zero-order valence-electron chi connectivity index (χ0n) is 10.4. The molecule has 0 bridgehead atoms. The molecule has 102 valence electrons. The van der Waals surface area contributed by atoms with Crippen LogP contribution in [0.3, 0.4) is 0 Å². The molecule has 19 heavy (non-hydrogen) atoms. The number of carbonyl (C=O) groups is 1. The van der Waals surface area contributed by atoms with Gasteiger partial charge in [-0.15, -0.1) is 0 Å². The lowest BCUT2D eigenvalue weighted by atomic mass is 10.1. The lowest BCUT2D eigenvalue weighted by molar-refractivity contribution is -0.389. The molecule has 0 unspecified atom stereocenters. The van der Waals surface area contributed by atoms with Gasteiger partial charge in [-0.25, -0.2) is 4.98 Å². The number of hydrogen-bond acceptors (Lipinski definition) is 4. The summed E-state index contributed by atoms with van der Waals surface area (Å²) in [7, 11) is 0. The third-order valence-electron chi connectivity index (χ3n) is 3.00. The van der Waals surface area contributed by atoms with Gasteiger partial charge in [-0.1, -0.05) is 11.6 Å². The molecular formula is C12H16N4O3. The molecule has 0 aromatic carbocycles. The van der Waals surface area contributed by atoms with E-state index in [2.05, 4.69) is 21.7 Å². The largest absolute Gasteiger partial charge is 0.358 e. The van der Waals surface area contributed by atoms with E-state index in [1.807, 2.05) is 0 Å². The highest BCUT2D eigenvalue weighted by Gasteiger charge is 2.14. The van der Waals surface area contributed by atoms with Gasteiger partial charge in [0.05, 0.1) is 0 Å². The van der Waals surface area contributed by atoms with Gasteiger partial charge in [-0.05, 0) is 30.4 Å². The number of hydrogen-bond donors (Lipinski definition) is 3. The molecule has 0 fully saturated rings. The molecule has 1 aromatic heterocycles. The average molecular weight is 264 g/mol. The van der Waals surface area contributed by atoms with Crippen molar-refractivity contribution in [2.75, 3.05) is 19.6 Å². The second kappa shape index (κ2) is 6.14. The van der Waals surface area contributed by atoms with Crippen LogP contribution >= 0.6 is 0 Å². The van der Waals surface area contributed by atoms with Crippen LogP contribution in [0.2, 0.25) is 0 Å². The van der Waals surface area contributed by atoms with E-state index in [4.69, 9.17) is 0 Å². The summed E-state index contributed by atoms with van der Waals surface area (Å²) in [5.41, 5.74) is 1.54. The number of carbonyl (C=O) groups excluding carboxylic acids is 1. The molecule has 0 saturated carbocycles. The number of amides is 1. The maximum absolute atomic E-state index is 11.7. The first-order valence-corrected chi connectivity index (χ1v) is 6.17. The van der Waals surface area contributed by atoms with Crippen molar-refractivity contribution in [3.05, 3.63) is 39.6 Å². The summed E-state index contributed by atoms with van der Waals surface area (Å²) in [4.78, 5) is 24.1. The fourth-order valence-electron chi connectivity index (χ4n) is 1.95. The Hall–Kier alpha value is -2.15. The van der Waals surface area contributed by atoms with E-state index < -0.39 is 4.92 Å². The van der Waals surface area contributed by atoms with E-state index in [1.54, 1.807) is 0 Å². The van der Waals surface area contributed by atoms with Crippen molar-refractivity contribution in [3.63, 3.8) is 0 Å². The Balaban J connectivity index is 1.80. The minimum Gasteiger partial charge on any atom is -0.358 e. The number of H-pyrrole nitrogens is 1. The molecule has 0 radical (unpaired) electrons. The van der Waals surface area contributed by atoms with Crippen molar-refractivity contribution >= 4 is 11.7 Å². The van der Waals surface area contributed by atoms with Gasteiger partial charge in [-0.2, -0.15) is 0 Å². The Morgan fingerprint density at radius 1 is 1.47 bits per heavy atom. The molecule has 1 aliphatic heterocycles. The van der Waals surface area contributed by atoms with E-state index in [1.165, 1.54) is 17.7 Å². The fourth-order valence-corrected chi connectivity index (χ4v) is 1.95. The zero-order valence-corrected chi connectivity index (χ0v) is 10.4. The van der Waals surface area contributed by atoms with Crippen LogP contribution in [-0.2, 0) is 0 Å². The summed E-state index contributed by atoms with van der Waals surface area (Å²) in [6.07, 6.45) is 3.95. The van der Waals surface area contributed by atoms with Crippen molar-refractivity contribution in [2.45, 2.75) is 12.8 Å². The molecule has 7 nitrogen and oxygen atoms in total. The van der Waals surface area contributed by atoms with Crippen molar-refractivity contribution in [1.29, 1.82) is 0 Å². The molecule has 0 spiro atoms. The summed E-state index contributed by atoms with van der Waals surface area (Å²) >= 11 is 0. The summed E-state index contributed by atoms with van der Waals surface area (Å²) < 4.78 is 0. The lowest BCUT2D eigenvalue weighted by Crippen LogP contribution is -2.26. The summed E-state index contributed by atoms with van der Waals surface area (Å²) in [6, 6.07) is 2.70. The predicted molar refractivity (Wildman–Crippen MR) is 70.0 cm³/mol. The number of aromatic nitrogens is 1. The fraction of sp³-hybridized carbons (Fsp3) is 0.417. The van der Waals surface area contributed by atoms with Crippen molar-refractivity contribution in [3.8, 4) is 0 Å². The van der Waals surface area contributed by atoms with Crippen LogP contribution in [0.5, 0.6) is 0 Å². The molecule has 7 heteroatoms. The monoisotopic (exact) mass is 264 g/mol. The Bertz CT molecular complexity index is 507. The minimum absolute atomic E-state index is 0.175. The Morgan fingerprint density at radius 3 is 2.95 bits per heavy atom. The van der Waals surface area contributed by atoms with Crippen LogP contribution in [0.15, 0.2) is 23.8 Å². The highest BCUT2D eigenvalue weighted by Crippen LogP contribution is 2.10. The highest BCUT2D eigenvalue weighted by atomic mass is 16.6. The first kappa shape index (κ1) is 13.3. The standard InChI is InChI=1S/C12H16N4O3/c17-12(10-1-2-11(15-10)16(18)19)14-8-5-9-3-6-13-7-4-9/h1-3,13,15H,4-8H2,(H,14,17). The average Bonchev–Trinajstić information content (AvgIpc) is 2.89. The van der Waals surface area contributed by atoms with Gasteiger partial charge in [0, 0.05) is 19.2 Å². The molecule has 1 amide bonds. The van der Waals surface area contributed by atoms with Gasteiger partial charge >= 0.3 is 5.82 Å². The topological polar surface area (TPSA) is 100 Å². The lowest BCUT2D eigenvalue weighted by Gasteiger charge is -2.13. The highest BCUT2D eigenvalue weighted by molar-refractivity contribution is 5.92. The van der Waals surface area contributed by atoms with Crippen molar-refractivity contribution in [1.82, 2.24) is 15.6 Å². The number of rotatable bonds is 5. The number of nitrogens with zero attached hydrogens (tertiary/aromatic N) is 1. The summed E-state index contributed by atoms with van der Waals surface area (Å²) in [5.74, 6) is -0.492. The van der Waals surface area contributed by atoms with Crippen LogP contribution in [0.4, 0.5) is 5.82 Å². The van der Waals surface area contributed by atoms with Gasteiger partial charge in [0.25, 0.3) is 5.91 Å². The molecule has 1 aromatic rings. The van der Waals surface area contributed by atoms with E-state index in [9.17, 15) is 14.9 Å². The van der Waals surface area contributed by atoms with Gasteiger partial charge in [0.15, 0.2) is 5.69 Å². The van der Waals surface area contributed by atoms with E-state index in [0.29, 0.717) is 6.54 Å². The van der Waals surface area contributed by atoms with Gasteiger partial charge in [0.2, 0.25) is 0 Å². The van der Waals surface area contributed by atoms with Crippen molar-refractivity contribution < 1.29 is 9.72 Å². The Kier molecular flexibility index (Phi) is 4.30. The molecule has 0 atom stereocenters.